The Morgan fingerprint density at radius 2 is 1.86 bits per heavy atom. The zero-order valence-electron chi connectivity index (χ0n) is 11.8. The van der Waals surface area contributed by atoms with E-state index in [1.54, 1.807) is 0 Å². The number of fused-ring (bicyclic) bond motifs is 1. The lowest BCUT2D eigenvalue weighted by Crippen LogP contribution is -2.45. The Labute approximate surface area is 133 Å². The van der Waals surface area contributed by atoms with Gasteiger partial charge in [-0.1, -0.05) is 24.3 Å². The molecule has 108 valence electrons. The minimum atomic E-state index is 0.421. The Hall–Kier alpha value is -1.20. The minimum Gasteiger partial charge on any atom is -0.314 e. The number of piperazine rings is 1. The van der Waals surface area contributed by atoms with Crippen molar-refractivity contribution in [3.8, 4) is 0 Å². The second-order valence-electron chi connectivity index (χ2n) is 5.39. The molecule has 1 unspecified atom stereocenters. The van der Waals surface area contributed by atoms with E-state index in [1.165, 1.54) is 19.8 Å². The van der Waals surface area contributed by atoms with Gasteiger partial charge in [-0.15, -0.1) is 22.7 Å². The molecule has 1 saturated heterocycles. The molecule has 3 aromatic rings. The zero-order chi connectivity index (χ0) is 14.1. The van der Waals surface area contributed by atoms with Crippen LogP contribution in [0.3, 0.4) is 0 Å². The highest BCUT2D eigenvalue weighted by Crippen LogP contribution is 2.38. The molecule has 1 fully saturated rings. The molecule has 0 bridgehead atoms. The Morgan fingerprint density at radius 1 is 1.00 bits per heavy atom. The van der Waals surface area contributed by atoms with Crippen LogP contribution in [-0.4, -0.2) is 31.1 Å². The van der Waals surface area contributed by atoms with Crippen molar-refractivity contribution in [3.05, 3.63) is 57.6 Å². The predicted octanol–water partition coefficient (Wildman–Crippen LogP) is 3.96. The molecule has 1 aliphatic rings. The van der Waals surface area contributed by atoms with Gasteiger partial charge in [0.2, 0.25) is 0 Å². The van der Waals surface area contributed by atoms with Gasteiger partial charge in [-0.3, -0.25) is 4.90 Å². The maximum atomic E-state index is 3.46. The molecule has 0 radical (unpaired) electrons. The SMILES string of the molecule is c1csc(C(c2cc3ccccc3s2)N2CCNCC2)c1. The first kappa shape index (κ1) is 13.5. The van der Waals surface area contributed by atoms with Gasteiger partial charge in [-0.05, 0) is 29.0 Å². The van der Waals surface area contributed by atoms with E-state index in [0.717, 1.165) is 26.2 Å². The van der Waals surface area contributed by atoms with Gasteiger partial charge in [-0.2, -0.15) is 0 Å². The van der Waals surface area contributed by atoms with E-state index < -0.39 is 0 Å². The summed E-state index contributed by atoms with van der Waals surface area (Å²) in [4.78, 5) is 5.55. The predicted molar refractivity (Wildman–Crippen MR) is 92.4 cm³/mol. The molecule has 2 aromatic heterocycles. The number of hydrogen-bond donors (Lipinski definition) is 1. The first-order chi connectivity index (χ1) is 10.4. The number of rotatable bonds is 3. The molecule has 1 aliphatic heterocycles. The number of benzene rings is 1. The van der Waals surface area contributed by atoms with Gasteiger partial charge in [0.1, 0.15) is 0 Å². The van der Waals surface area contributed by atoms with Crippen LogP contribution in [0.4, 0.5) is 0 Å². The fourth-order valence-corrected chi connectivity index (χ4v) is 5.19. The van der Waals surface area contributed by atoms with E-state index in [-0.39, 0.29) is 0 Å². The van der Waals surface area contributed by atoms with Crippen LogP contribution < -0.4 is 5.32 Å². The van der Waals surface area contributed by atoms with E-state index in [4.69, 9.17) is 0 Å². The molecule has 0 aliphatic carbocycles. The summed E-state index contributed by atoms with van der Waals surface area (Å²) in [5.74, 6) is 0. The van der Waals surface area contributed by atoms with Crippen molar-refractivity contribution in [3.63, 3.8) is 0 Å². The van der Waals surface area contributed by atoms with Crippen molar-refractivity contribution < 1.29 is 0 Å². The molecular formula is C17H18N2S2. The number of thiophene rings is 2. The van der Waals surface area contributed by atoms with Crippen molar-refractivity contribution in [2.75, 3.05) is 26.2 Å². The summed E-state index contributed by atoms with van der Waals surface area (Å²) in [6.07, 6.45) is 0. The van der Waals surface area contributed by atoms with Crippen LogP contribution in [0.5, 0.6) is 0 Å². The van der Waals surface area contributed by atoms with Gasteiger partial charge >= 0.3 is 0 Å². The summed E-state index contributed by atoms with van der Waals surface area (Å²) in [5.41, 5.74) is 0. The van der Waals surface area contributed by atoms with Gasteiger partial charge in [0, 0.05) is 40.6 Å². The van der Waals surface area contributed by atoms with Crippen molar-refractivity contribution in [1.29, 1.82) is 0 Å². The van der Waals surface area contributed by atoms with E-state index in [9.17, 15) is 0 Å². The van der Waals surface area contributed by atoms with Crippen molar-refractivity contribution in [1.82, 2.24) is 10.2 Å². The van der Waals surface area contributed by atoms with Gasteiger partial charge in [0.15, 0.2) is 0 Å². The van der Waals surface area contributed by atoms with Crippen LogP contribution in [0.15, 0.2) is 47.8 Å². The summed E-state index contributed by atoms with van der Waals surface area (Å²) >= 11 is 3.82. The average molecular weight is 314 g/mol. The van der Waals surface area contributed by atoms with Gasteiger partial charge in [0.25, 0.3) is 0 Å². The summed E-state index contributed by atoms with van der Waals surface area (Å²) in [5, 5.41) is 7.02. The third kappa shape index (κ3) is 2.64. The topological polar surface area (TPSA) is 15.3 Å². The Morgan fingerprint density at radius 3 is 2.62 bits per heavy atom. The van der Waals surface area contributed by atoms with Crippen LogP contribution >= 0.6 is 22.7 Å². The van der Waals surface area contributed by atoms with E-state index in [2.05, 4.69) is 58.1 Å². The average Bonchev–Trinajstić information content (AvgIpc) is 3.18. The van der Waals surface area contributed by atoms with E-state index in [0.29, 0.717) is 6.04 Å². The monoisotopic (exact) mass is 314 g/mol. The van der Waals surface area contributed by atoms with Crippen molar-refractivity contribution >= 4 is 32.8 Å². The first-order valence-corrected chi connectivity index (χ1v) is 9.08. The Bertz CT molecular complexity index is 678. The van der Waals surface area contributed by atoms with Crippen LogP contribution in [-0.2, 0) is 0 Å². The molecule has 1 atom stereocenters. The smallest absolute Gasteiger partial charge is 0.0791 e. The fraction of sp³-hybridized carbons (Fsp3) is 0.294. The lowest BCUT2D eigenvalue weighted by Gasteiger charge is -2.33. The minimum absolute atomic E-state index is 0.421. The second-order valence-corrected chi connectivity index (χ2v) is 7.49. The van der Waals surface area contributed by atoms with Crippen molar-refractivity contribution in [2.45, 2.75) is 6.04 Å². The molecule has 21 heavy (non-hydrogen) atoms. The third-order valence-electron chi connectivity index (χ3n) is 4.04. The Kier molecular flexibility index (Phi) is 3.78. The van der Waals surface area contributed by atoms with Crippen LogP contribution in [0.2, 0.25) is 0 Å². The molecule has 0 saturated carbocycles. The molecule has 4 rings (SSSR count). The molecule has 0 amide bonds. The largest absolute Gasteiger partial charge is 0.314 e. The van der Waals surface area contributed by atoms with Crippen LogP contribution in [0.25, 0.3) is 10.1 Å². The maximum Gasteiger partial charge on any atom is 0.0791 e. The number of nitrogens with one attached hydrogen (secondary N) is 1. The molecule has 1 N–H and O–H groups in total. The normalized spacial score (nSPS) is 18.1. The fourth-order valence-electron chi connectivity index (χ4n) is 3.02. The van der Waals surface area contributed by atoms with Gasteiger partial charge in [0.05, 0.1) is 6.04 Å². The summed E-state index contributed by atoms with van der Waals surface area (Å²) in [6.45, 7) is 4.42. The van der Waals surface area contributed by atoms with E-state index in [1.807, 2.05) is 22.7 Å². The maximum absolute atomic E-state index is 3.46. The first-order valence-electron chi connectivity index (χ1n) is 7.38. The Balaban J connectivity index is 1.77. The summed E-state index contributed by atoms with van der Waals surface area (Å²) in [6, 6.07) is 16.0. The quantitative estimate of drug-likeness (QED) is 0.787. The second kappa shape index (κ2) is 5.89. The standard InChI is InChI=1S/C17H18N2S2/c1-2-5-14-13(4-1)12-16(21-14)17(15-6-3-11-20-15)19-9-7-18-8-10-19/h1-6,11-12,17-18H,7-10H2. The summed E-state index contributed by atoms with van der Waals surface area (Å²) < 4.78 is 1.39. The lowest BCUT2D eigenvalue weighted by molar-refractivity contribution is 0.203. The lowest BCUT2D eigenvalue weighted by atomic mass is 10.1. The van der Waals surface area contributed by atoms with Crippen LogP contribution in [0, 0.1) is 0 Å². The molecule has 0 spiro atoms. The molecule has 4 heteroatoms. The van der Waals surface area contributed by atoms with Crippen LogP contribution in [0.1, 0.15) is 15.8 Å². The highest BCUT2D eigenvalue weighted by molar-refractivity contribution is 7.19. The van der Waals surface area contributed by atoms with E-state index >= 15 is 0 Å². The third-order valence-corrected chi connectivity index (χ3v) is 6.14. The van der Waals surface area contributed by atoms with Crippen molar-refractivity contribution in [2.24, 2.45) is 0 Å². The molecule has 2 nitrogen and oxygen atoms in total. The van der Waals surface area contributed by atoms with Gasteiger partial charge in [-0.25, -0.2) is 0 Å². The number of nitrogens with zero attached hydrogens (tertiary/aromatic N) is 1. The molecule has 1 aromatic carbocycles. The summed E-state index contributed by atoms with van der Waals surface area (Å²) in [7, 11) is 0. The highest BCUT2D eigenvalue weighted by Gasteiger charge is 2.26. The molecule has 3 heterocycles. The number of hydrogen-bond acceptors (Lipinski definition) is 4. The van der Waals surface area contributed by atoms with Gasteiger partial charge < -0.3 is 5.32 Å². The zero-order valence-corrected chi connectivity index (χ0v) is 13.4. The molecular weight excluding hydrogens is 296 g/mol. The highest BCUT2D eigenvalue weighted by atomic mass is 32.1.